The monoisotopic (exact) mass is 380 g/mol. The van der Waals surface area contributed by atoms with Crippen molar-refractivity contribution in [2.75, 3.05) is 6.61 Å². The van der Waals surface area contributed by atoms with E-state index < -0.39 is 11.8 Å². The molecule has 8 nitrogen and oxygen atoms in total. The number of fused-ring (bicyclic) bond motifs is 1. The van der Waals surface area contributed by atoms with Gasteiger partial charge in [0, 0.05) is 5.39 Å². The number of aryl methyl sites for hydroxylation is 2. The summed E-state index contributed by atoms with van der Waals surface area (Å²) in [4.78, 5) is 35.8. The molecule has 2 amide bonds. The van der Waals surface area contributed by atoms with E-state index in [2.05, 4.69) is 16.0 Å². The van der Waals surface area contributed by atoms with Gasteiger partial charge in [0.15, 0.2) is 6.61 Å². The maximum atomic E-state index is 12.1. The van der Waals surface area contributed by atoms with E-state index >= 15 is 0 Å². The molecule has 3 aromatic rings. The van der Waals surface area contributed by atoms with Gasteiger partial charge in [-0.05, 0) is 49.2 Å². The van der Waals surface area contributed by atoms with Crippen molar-refractivity contribution in [1.82, 2.24) is 20.6 Å². The molecule has 1 heterocycles. The number of carbonyl (C=O) groups is 2. The van der Waals surface area contributed by atoms with Gasteiger partial charge in [-0.15, -0.1) is 0 Å². The molecule has 2 aromatic carbocycles. The summed E-state index contributed by atoms with van der Waals surface area (Å²) in [6, 6.07) is 12.5. The number of amides is 2. The van der Waals surface area contributed by atoms with E-state index in [1.165, 1.54) is 4.68 Å². The van der Waals surface area contributed by atoms with E-state index in [0.717, 1.165) is 17.3 Å². The molecule has 1 aromatic heterocycles. The molecule has 0 unspecified atom stereocenters. The van der Waals surface area contributed by atoms with Crippen LogP contribution in [0.3, 0.4) is 0 Å². The van der Waals surface area contributed by atoms with Gasteiger partial charge in [0.1, 0.15) is 12.3 Å². The number of nitrogens with one attached hydrogen (secondary N) is 2. The van der Waals surface area contributed by atoms with Gasteiger partial charge in [-0.1, -0.05) is 18.2 Å². The number of hydrazine groups is 1. The summed E-state index contributed by atoms with van der Waals surface area (Å²) in [5.74, 6) is -0.394. The van der Waals surface area contributed by atoms with E-state index in [1.54, 1.807) is 24.3 Å². The quantitative estimate of drug-likeness (QED) is 0.649. The van der Waals surface area contributed by atoms with Crippen molar-refractivity contribution in [2.45, 2.75) is 20.4 Å². The van der Waals surface area contributed by atoms with Crippen LogP contribution in [0.25, 0.3) is 10.9 Å². The summed E-state index contributed by atoms with van der Waals surface area (Å²) in [6.07, 6.45) is 1.16. The Morgan fingerprint density at radius 3 is 2.46 bits per heavy atom. The van der Waals surface area contributed by atoms with Crippen molar-refractivity contribution in [3.63, 3.8) is 0 Å². The van der Waals surface area contributed by atoms with Gasteiger partial charge in [-0.2, -0.15) is 5.10 Å². The fraction of sp³-hybridized carbons (Fsp3) is 0.200. The minimum Gasteiger partial charge on any atom is -0.484 e. The van der Waals surface area contributed by atoms with E-state index in [0.29, 0.717) is 16.7 Å². The first kappa shape index (κ1) is 19.1. The van der Waals surface area contributed by atoms with Gasteiger partial charge in [0.2, 0.25) is 5.43 Å². The molecule has 0 radical (unpaired) electrons. The van der Waals surface area contributed by atoms with Crippen molar-refractivity contribution in [3.05, 3.63) is 70.0 Å². The summed E-state index contributed by atoms with van der Waals surface area (Å²) in [5, 5.41) is 4.44. The van der Waals surface area contributed by atoms with Crippen LogP contribution in [0.5, 0.6) is 5.75 Å². The number of rotatable bonds is 5. The number of benzene rings is 2. The minimum absolute atomic E-state index is 0.154. The fourth-order valence-electron chi connectivity index (χ4n) is 2.80. The predicted octanol–water partition coefficient (Wildman–Crippen LogP) is 1.24. The van der Waals surface area contributed by atoms with Crippen molar-refractivity contribution < 1.29 is 14.3 Å². The molecule has 8 heteroatoms. The molecule has 0 atom stereocenters. The summed E-state index contributed by atoms with van der Waals surface area (Å²) < 4.78 is 6.83. The van der Waals surface area contributed by atoms with Crippen LogP contribution in [0.15, 0.2) is 53.5 Å². The number of aromatic nitrogens is 2. The highest BCUT2D eigenvalue weighted by Crippen LogP contribution is 2.15. The highest BCUT2D eigenvalue weighted by atomic mass is 16.5. The number of hydrogen-bond donors (Lipinski definition) is 2. The first-order valence-electron chi connectivity index (χ1n) is 8.66. The Morgan fingerprint density at radius 2 is 1.71 bits per heavy atom. The third-order valence-electron chi connectivity index (χ3n) is 3.96. The highest BCUT2D eigenvalue weighted by Gasteiger charge is 2.10. The maximum absolute atomic E-state index is 12.1. The molecule has 28 heavy (non-hydrogen) atoms. The topological polar surface area (TPSA) is 102 Å². The molecule has 0 fully saturated rings. The third-order valence-corrected chi connectivity index (χ3v) is 3.96. The summed E-state index contributed by atoms with van der Waals surface area (Å²) in [6.45, 7) is 3.49. The van der Waals surface area contributed by atoms with E-state index in [-0.39, 0.29) is 18.6 Å². The summed E-state index contributed by atoms with van der Waals surface area (Å²) in [7, 11) is 0. The smallest absolute Gasteiger partial charge is 0.276 e. The van der Waals surface area contributed by atoms with Gasteiger partial charge in [0.05, 0.1) is 11.7 Å². The lowest BCUT2D eigenvalue weighted by Crippen LogP contribution is -2.45. The average molecular weight is 380 g/mol. The van der Waals surface area contributed by atoms with Crippen molar-refractivity contribution >= 4 is 22.7 Å². The van der Waals surface area contributed by atoms with Crippen LogP contribution in [0.2, 0.25) is 0 Å². The van der Waals surface area contributed by atoms with Gasteiger partial charge in [-0.25, -0.2) is 0 Å². The zero-order chi connectivity index (χ0) is 20.1. The summed E-state index contributed by atoms with van der Waals surface area (Å²) >= 11 is 0. The molecule has 0 bridgehead atoms. The lowest BCUT2D eigenvalue weighted by molar-refractivity contribution is -0.130. The Morgan fingerprint density at radius 1 is 1.04 bits per heavy atom. The molecule has 0 aliphatic heterocycles. The second-order valence-electron chi connectivity index (χ2n) is 6.39. The largest absolute Gasteiger partial charge is 0.484 e. The van der Waals surface area contributed by atoms with Crippen molar-refractivity contribution in [1.29, 1.82) is 0 Å². The second-order valence-corrected chi connectivity index (χ2v) is 6.39. The molecule has 0 aliphatic rings. The van der Waals surface area contributed by atoms with Crippen LogP contribution in [0, 0.1) is 13.8 Å². The number of ether oxygens (including phenoxy) is 1. The molecule has 3 rings (SSSR count). The van der Waals surface area contributed by atoms with Crippen LogP contribution in [0.4, 0.5) is 0 Å². The molecular weight excluding hydrogens is 360 g/mol. The SMILES string of the molecule is Cc1cc(C)cc(OCC(=O)NNC(=O)Cn2ncc(=O)c3ccccc32)c1. The first-order chi connectivity index (χ1) is 13.4. The van der Waals surface area contributed by atoms with Crippen LogP contribution in [-0.4, -0.2) is 28.2 Å². The summed E-state index contributed by atoms with van der Waals surface area (Å²) in [5.41, 5.74) is 6.99. The van der Waals surface area contributed by atoms with Crippen molar-refractivity contribution in [3.8, 4) is 5.75 Å². The minimum atomic E-state index is -0.495. The molecule has 0 saturated heterocycles. The van der Waals surface area contributed by atoms with Gasteiger partial charge >= 0.3 is 0 Å². The zero-order valence-electron chi connectivity index (χ0n) is 15.6. The number of para-hydroxylation sites is 1. The molecule has 0 aliphatic carbocycles. The Labute approximate surface area is 161 Å². The van der Waals surface area contributed by atoms with Gasteiger partial charge in [-0.3, -0.25) is 29.9 Å². The third kappa shape index (κ3) is 4.73. The first-order valence-corrected chi connectivity index (χ1v) is 8.66. The van der Waals surface area contributed by atoms with Crippen molar-refractivity contribution in [2.24, 2.45) is 0 Å². The van der Waals surface area contributed by atoms with E-state index in [4.69, 9.17) is 4.74 Å². The number of nitrogens with zero attached hydrogens (tertiary/aromatic N) is 2. The normalized spacial score (nSPS) is 10.5. The van der Waals surface area contributed by atoms with Crippen LogP contribution in [-0.2, 0) is 16.1 Å². The fourth-order valence-corrected chi connectivity index (χ4v) is 2.80. The molecular formula is C20H20N4O4. The number of hydrogen-bond acceptors (Lipinski definition) is 5. The Bertz CT molecular complexity index is 1070. The van der Waals surface area contributed by atoms with Crippen LogP contribution in [0.1, 0.15) is 11.1 Å². The predicted molar refractivity (Wildman–Crippen MR) is 104 cm³/mol. The molecule has 0 spiro atoms. The second kappa shape index (κ2) is 8.34. The lowest BCUT2D eigenvalue weighted by atomic mass is 10.1. The maximum Gasteiger partial charge on any atom is 0.276 e. The van der Waals surface area contributed by atoms with E-state index in [1.807, 2.05) is 32.0 Å². The van der Waals surface area contributed by atoms with Crippen LogP contribution >= 0.6 is 0 Å². The zero-order valence-corrected chi connectivity index (χ0v) is 15.6. The Hall–Kier alpha value is -3.68. The van der Waals surface area contributed by atoms with Crippen LogP contribution < -0.4 is 21.0 Å². The lowest BCUT2D eigenvalue weighted by Gasteiger charge is -2.11. The number of carbonyl (C=O) groups excluding carboxylic acids is 2. The highest BCUT2D eigenvalue weighted by molar-refractivity contribution is 5.84. The van der Waals surface area contributed by atoms with E-state index in [9.17, 15) is 14.4 Å². The molecule has 0 saturated carbocycles. The Kier molecular flexibility index (Phi) is 5.69. The molecule has 144 valence electrons. The van der Waals surface area contributed by atoms with Gasteiger partial charge in [0.25, 0.3) is 11.8 Å². The average Bonchev–Trinajstić information content (AvgIpc) is 2.66. The molecule has 2 N–H and O–H groups in total. The Balaban J connectivity index is 1.54. The standard InChI is InChI=1S/C20H20N4O4/c1-13-7-14(2)9-15(8-13)28-12-20(27)23-22-19(26)11-24-17-6-4-3-5-16(17)18(25)10-21-24/h3-10H,11-12H2,1-2H3,(H,22,26)(H,23,27). The van der Waals surface area contributed by atoms with Gasteiger partial charge < -0.3 is 4.74 Å².